The number of hydrogen-bond acceptors (Lipinski definition) is 29. The average Bonchev–Trinajstić information content (AvgIpc) is 2.93. The Balaban J connectivity index is 0.977. The Morgan fingerprint density at radius 3 is 1.39 bits per heavy atom. The lowest BCUT2D eigenvalue weighted by molar-refractivity contribution is -0.401. The van der Waals surface area contributed by atoms with E-state index in [1.54, 1.807) is 13.8 Å². The van der Waals surface area contributed by atoms with Crippen LogP contribution in [0.5, 0.6) is 0 Å². The lowest BCUT2D eigenvalue weighted by atomic mass is 9.35. The molecule has 5 heterocycles. The smallest absolute Gasteiger partial charge is 0.314 e. The topological polar surface area (TPSA) is 474 Å². The SMILES string of the molecule is CC1(O)C[C@@]23CC[C@H]4[C@@](C)(CCC[C@@]4(C)C(=O)OC4OC(CO)C(O)C(O)C4OC4OC(CO)C(O)C(O)C4O)[C@@H]2CC1[C@H](OC1OC(CO)C(O)C(OC2OC(CO)C(O)C(O)C2O)C1OC1OC(CO)C(O)C(O)C1O)C3. The number of carbonyl (C=O) groups is 1. The van der Waals surface area contributed by atoms with Crippen molar-refractivity contribution >= 4 is 5.97 Å². The Morgan fingerprint density at radius 1 is 0.468 bits per heavy atom. The summed E-state index contributed by atoms with van der Waals surface area (Å²) in [6, 6.07) is 0. The summed E-state index contributed by atoms with van der Waals surface area (Å²) in [5, 5.41) is 193. The van der Waals surface area contributed by atoms with Crippen LogP contribution in [0.3, 0.4) is 0 Å². The number of aliphatic hydroxyl groups excluding tert-OH is 17. The number of rotatable bonds is 15. The van der Waals surface area contributed by atoms with Crippen LogP contribution < -0.4 is 0 Å². The average molecular weight is 1150 g/mol. The number of hydrogen-bond donors (Lipinski definition) is 18. The third-order valence-electron chi connectivity index (χ3n) is 19.5. The first-order valence-electron chi connectivity index (χ1n) is 27.3. The molecule has 2 bridgehead atoms. The maximum atomic E-state index is 14.9. The molecule has 0 aromatic heterocycles. The zero-order chi connectivity index (χ0) is 57.6. The van der Waals surface area contributed by atoms with Crippen LogP contribution in [0.1, 0.15) is 72.1 Å². The van der Waals surface area contributed by atoms with Crippen LogP contribution in [-0.2, 0) is 52.2 Å². The Labute approximate surface area is 453 Å². The highest BCUT2D eigenvalue weighted by Gasteiger charge is 2.71. The molecule has 0 aromatic carbocycles. The first-order valence-corrected chi connectivity index (χ1v) is 27.3. The van der Waals surface area contributed by atoms with Crippen molar-refractivity contribution < 1.29 is 144 Å². The summed E-state index contributed by atoms with van der Waals surface area (Å²) in [6.45, 7) is 1.32. The van der Waals surface area contributed by atoms with Gasteiger partial charge >= 0.3 is 5.97 Å². The Kier molecular flexibility index (Phi) is 18.6. The highest BCUT2D eigenvalue weighted by molar-refractivity contribution is 5.77. The van der Waals surface area contributed by atoms with E-state index in [9.17, 15) is 96.7 Å². The molecule has 0 amide bonds. The first-order chi connectivity index (χ1) is 37.2. The van der Waals surface area contributed by atoms with Crippen LogP contribution >= 0.6 is 0 Å². The second kappa shape index (κ2) is 23.7. The lowest BCUT2D eigenvalue weighted by Crippen LogP contribution is -2.70. The van der Waals surface area contributed by atoms with Crippen LogP contribution in [0, 0.1) is 34.0 Å². The number of carbonyl (C=O) groups excluding carboxylic acids is 1. The predicted octanol–water partition coefficient (Wildman–Crippen LogP) is -8.24. The molecule has 1 spiro atoms. The van der Waals surface area contributed by atoms with Gasteiger partial charge in [0.1, 0.15) is 116 Å². The van der Waals surface area contributed by atoms with Crippen molar-refractivity contribution in [2.75, 3.05) is 33.0 Å². The van der Waals surface area contributed by atoms with Gasteiger partial charge in [0.15, 0.2) is 31.3 Å². The normalized spacial score (nSPS) is 55.8. The zero-order valence-electron chi connectivity index (χ0n) is 44.0. The minimum atomic E-state index is -2.02. The van der Waals surface area contributed by atoms with Crippen LogP contribution in [0.4, 0.5) is 0 Å². The van der Waals surface area contributed by atoms with Crippen molar-refractivity contribution in [2.45, 2.75) is 237 Å². The van der Waals surface area contributed by atoms with Crippen molar-refractivity contribution in [2.24, 2.45) is 34.0 Å². The molecule has 456 valence electrons. The summed E-state index contributed by atoms with van der Waals surface area (Å²) in [7, 11) is 0. The fourth-order valence-corrected chi connectivity index (χ4v) is 15.3. The van der Waals surface area contributed by atoms with Gasteiger partial charge in [-0.2, -0.15) is 0 Å². The summed E-state index contributed by atoms with van der Waals surface area (Å²) in [5.41, 5.74) is -3.98. The van der Waals surface area contributed by atoms with E-state index in [1.165, 1.54) is 0 Å². The highest BCUT2D eigenvalue weighted by Crippen LogP contribution is 2.73. The molecule has 10 aliphatic rings. The summed E-state index contributed by atoms with van der Waals surface area (Å²) in [4.78, 5) is 14.9. The number of ether oxygens (including phenoxy) is 10. The monoisotopic (exact) mass is 1150 g/mol. The highest BCUT2D eigenvalue weighted by atomic mass is 16.8. The van der Waals surface area contributed by atoms with E-state index in [2.05, 4.69) is 6.92 Å². The van der Waals surface area contributed by atoms with Gasteiger partial charge in [-0.1, -0.05) is 13.3 Å². The van der Waals surface area contributed by atoms with E-state index in [1.807, 2.05) is 0 Å². The zero-order valence-corrected chi connectivity index (χ0v) is 44.0. The lowest BCUT2D eigenvalue weighted by Gasteiger charge is -2.71. The molecule has 27 unspecified atom stereocenters. The van der Waals surface area contributed by atoms with Crippen molar-refractivity contribution in [3.63, 3.8) is 0 Å². The molecule has 5 saturated carbocycles. The van der Waals surface area contributed by atoms with Crippen molar-refractivity contribution in [1.29, 1.82) is 0 Å². The maximum absolute atomic E-state index is 14.9. The fourth-order valence-electron chi connectivity index (χ4n) is 15.3. The predicted molar refractivity (Wildman–Crippen MR) is 253 cm³/mol. The van der Waals surface area contributed by atoms with Gasteiger partial charge in [-0.05, 0) is 81.5 Å². The summed E-state index contributed by atoms with van der Waals surface area (Å²) in [5.74, 6) is -2.04. The number of fused-ring (bicyclic) bond motifs is 3. The van der Waals surface area contributed by atoms with Gasteiger partial charge in [0.2, 0.25) is 6.29 Å². The molecule has 10 rings (SSSR count). The van der Waals surface area contributed by atoms with Crippen molar-refractivity contribution in [3.05, 3.63) is 0 Å². The molecule has 79 heavy (non-hydrogen) atoms. The van der Waals surface area contributed by atoms with Gasteiger partial charge in [0, 0.05) is 5.92 Å². The Bertz CT molecular complexity index is 2060. The number of esters is 1. The summed E-state index contributed by atoms with van der Waals surface area (Å²) < 4.78 is 59.9. The minimum absolute atomic E-state index is 0.178. The molecule has 0 aromatic rings. The van der Waals surface area contributed by atoms with E-state index in [4.69, 9.17) is 47.4 Å². The second-order valence-corrected chi connectivity index (χ2v) is 24.3. The van der Waals surface area contributed by atoms with Crippen LogP contribution in [0.25, 0.3) is 0 Å². The van der Waals surface area contributed by atoms with Crippen molar-refractivity contribution in [3.8, 4) is 0 Å². The van der Waals surface area contributed by atoms with Gasteiger partial charge in [-0.25, -0.2) is 0 Å². The summed E-state index contributed by atoms with van der Waals surface area (Å²) >= 11 is 0. The molecule has 5 saturated heterocycles. The van der Waals surface area contributed by atoms with E-state index < -0.39 is 226 Å². The van der Waals surface area contributed by atoms with Gasteiger partial charge in [-0.15, -0.1) is 0 Å². The molecule has 29 heteroatoms. The van der Waals surface area contributed by atoms with Gasteiger partial charge in [0.05, 0.1) is 50.2 Å². The molecular formula is C50H82O29. The van der Waals surface area contributed by atoms with Crippen LogP contribution in [0.2, 0.25) is 0 Å². The quantitative estimate of drug-likeness (QED) is 0.0535. The fraction of sp³-hybridized carbons (Fsp3) is 0.980. The minimum Gasteiger partial charge on any atom is -0.432 e. The molecule has 5 aliphatic carbocycles. The van der Waals surface area contributed by atoms with Gasteiger partial charge in [0.25, 0.3) is 0 Å². The third kappa shape index (κ3) is 10.8. The molecule has 29 nitrogen and oxygen atoms in total. The molecule has 0 radical (unpaired) electrons. The molecule has 5 aliphatic heterocycles. The molecular weight excluding hydrogens is 1060 g/mol. The van der Waals surface area contributed by atoms with Crippen molar-refractivity contribution in [1.82, 2.24) is 0 Å². The number of aliphatic hydroxyl groups is 18. The van der Waals surface area contributed by atoms with Gasteiger partial charge < -0.3 is 139 Å². The standard InChI is InChI=1S/C50H82O29/c1-47-6-4-7-48(2,46(68)79-44-39(34(64)29(59)22(14-54)74-44)77-42-36(66)32(62)27(57)20(12-52)72-42)24(47)5-8-50-10-18(17(9-25(47)50)49(3,69)16-50)70-45-40(78-43-37(67)33(63)28(58)21(13-53)73-43)38(30(60)23(15-55)75-45)76-41-35(65)31(61)26(56)19(11-51)71-41/h17-45,51-67,69H,4-16H2,1-3H3/t17?,18-,19?,20?,21?,22?,23?,24+,25+,26?,27?,28?,29?,30?,31?,32?,33?,34?,35?,36?,37?,38?,39?,40?,41?,42?,43?,44?,45?,47-,48-,49?,50+/m1/s1. The molecule has 10 fully saturated rings. The van der Waals surface area contributed by atoms with E-state index in [0.717, 1.165) is 0 Å². The van der Waals surface area contributed by atoms with E-state index in [-0.39, 0.29) is 18.3 Å². The summed E-state index contributed by atoms with van der Waals surface area (Å²) in [6.07, 6.45) is -42.4. The Morgan fingerprint density at radius 2 is 0.899 bits per heavy atom. The Hall–Kier alpha value is -1.61. The van der Waals surface area contributed by atoms with E-state index >= 15 is 0 Å². The van der Waals surface area contributed by atoms with E-state index in [0.29, 0.717) is 44.9 Å². The first kappa shape index (κ1) is 61.9. The third-order valence-corrected chi connectivity index (χ3v) is 19.5. The van der Waals surface area contributed by atoms with Crippen LogP contribution in [0.15, 0.2) is 0 Å². The largest absolute Gasteiger partial charge is 0.432 e. The molecule has 33 atom stereocenters. The maximum Gasteiger partial charge on any atom is 0.314 e. The van der Waals surface area contributed by atoms with Gasteiger partial charge in [-0.3, -0.25) is 4.79 Å². The van der Waals surface area contributed by atoms with Crippen LogP contribution in [-0.4, -0.2) is 296 Å². The molecule has 18 N–H and O–H groups in total. The second-order valence-electron chi connectivity index (χ2n) is 24.3.